The van der Waals surface area contributed by atoms with E-state index in [0.29, 0.717) is 48.8 Å². The number of hydrogen-bond acceptors (Lipinski definition) is 8. The van der Waals surface area contributed by atoms with Crippen molar-refractivity contribution in [2.75, 3.05) is 0 Å². The summed E-state index contributed by atoms with van der Waals surface area (Å²) >= 11 is 0. The van der Waals surface area contributed by atoms with Crippen LogP contribution in [0.3, 0.4) is 0 Å². The van der Waals surface area contributed by atoms with Gasteiger partial charge in [-0.15, -0.1) is 0 Å². The van der Waals surface area contributed by atoms with Gasteiger partial charge in [-0.25, -0.2) is 0 Å². The summed E-state index contributed by atoms with van der Waals surface area (Å²) in [6, 6.07) is 4.39. The van der Waals surface area contributed by atoms with Crippen LogP contribution in [0.4, 0.5) is 0 Å². The summed E-state index contributed by atoms with van der Waals surface area (Å²) < 4.78 is 54.7. The van der Waals surface area contributed by atoms with Crippen molar-refractivity contribution in [3.63, 3.8) is 0 Å². The fourth-order valence-electron chi connectivity index (χ4n) is 12.3. The van der Waals surface area contributed by atoms with Crippen molar-refractivity contribution in [3.05, 3.63) is 0 Å². The van der Waals surface area contributed by atoms with Gasteiger partial charge in [0, 0.05) is 0 Å². The van der Waals surface area contributed by atoms with Gasteiger partial charge in [0.15, 0.2) is 0 Å². The van der Waals surface area contributed by atoms with Crippen LogP contribution in [0.1, 0.15) is 103 Å². The predicted molar refractivity (Wildman–Crippen MR) is 198 cm³/mol. The Morgan fingerprint density at radius 3 is 0.771 bits per heavy atom. The van der Waals surface area contributed by atoms with Crippen molar-refractivity contribution in [2.24, 2.45) is 23.7 Å². The van der Waals surface area contributed by atoms with Gasteiger partial charge in [0.1, 0.15) is 0 Å². The maximum atomic E-state index is 7.73. The van der Waals surface area contributed by atoms with Gasteiger partial charge < -0.3 is 0 Å². The van der Waals surface area contributed by atoms with Gasteiger partial charge in [-0.1, -0.05) is 0 Å². The second-order valence-corrected chi connectivity index (χ2v) is 36.8. The van der Waals surface area contributed by atoms with Crippen LogP contribution < -0.4 is 0 Å². The molecule has 12 unspecified atom stereocenters. The predicted octanol–water partition coefficient (Wildman–Crippen LogP) is 7.11. The molecule has 4 aliphatic carbocycles. The van der Waals surface area contributed by atoms with Crippen LogP contribution in [-0.4, -0.2) is 83.1 Å². The molecule has 9 fully saturated rings. The SMILES string of the molecule is C[SiH-]1(CCC2CCC3OC3C2)O[SiH-](C)(CCC2CCC3OC3C2)O[SiH-](C)(CCC2CCC3OC3C2)O[SiH-](C)(CCC2CCC3OC3C2)O1. The Morgan fingerprint density at radius 1 is 0.333 bits per heavy atom. The third-order valence-electron chi connectivity index (χ3n) is 15.2. The van der Waals surface area contributed by atoms with Crippen molar-refractivity contribution in [3.8, 4) is 0 Å². The molecule has 9 aliphatic rings. The number of fused-ring (bicyclic) bond motifs is 4. The third-order valence-corrected chi connectivity index (χ3v) is 39.1. The first-order valence-corrected chi connectivity index (χ1v) is 32.9. The number of epoxide rings is 4. The molecule has 5 saturated heterocycles. The van der Waals surface area contributed by atoms with E-state index in [0.717, 1.165) is 47.8 Å². The molecule has 4 saturated carbocycles. The molecule has 0 radical (unpaired) electrons. The Balaban J connectivity index is 0.939. The molecule has 0 N–H and O–H groups in total. The Bertz CT molecular complexity index is 995. The average molecular weight is 741 g/mol. The Hall–Kier alpha value is 0.548. The maximum absolute atomic E-state index is 7.73. The van der Waals surface area contributed by atoms with Crippen molar-refractivity contribution >= 4 is 34.2 Å². The standard InChI is InChI=1S/C36H68O8Si4/c1-45(17-13-25-5-9-29-33(21-25)37-29)41-46(2,18-14-26-6-10-30-34(22-26)38-30)43-48(4,20-16-28-8-12-32-36(24-28)40-32)44-47(3,42-45)19-15-27-7-11-31-35(23-27)39-31/h25-36,45-48H,5-24H2,1-4H3/q-4. The molecule has 0 aromatic carbocycles. The van der Waals surface area contributed by atoms with E-state index in [1.165, 1.54) is 103 Å². The first-order valence-electron chi connectivity index (χ1n) is 21.2. The van der Waals surface area contributed by atoms with Crippen LogP contribution in [0, 0.1) is 23.7 Å². The van der Waals surface area contributed by atoms with Gasteiger partial charge in [0.05, 0.1) is 0 Å². The molecule has 48 heavy (non-hydrogen) atoms. The molecule has 0 aromatic heterocycles. The van der Waals surface area contributed by atoms with E-state index in [2.05, 4.69) is 26.2 Å². The van der Waals surface area contributed by atoms with E-state index < -0.39 is 34.2 Å². The van der Waals surface area contributed by atoms with Crippen molar-refractivity contribution in [1.82, 2.24) is 0 Å². The second-order valence-electron chi connectivity index (χ2n) is 19.7. The first kappa shape index (κ1) is 34.3. The fraction of sp³-hybridized carbons (Fsp3) is 1.00. The summed E-state index contributed by atoms with van der Waals surface area (Å²) in [7, 11) is -11.8. The van der Waals surface area contributed by atoms with Gasteiger partial charge in [-0.05, 0) is 0 Å². The molecule has 12 heteroatoms. The van der Waals surface area contributed by atoms with Gasteiger partial charge in [0.2, 0.25) is 0 Å². The van der Waals surface area contributed by atoms with E-state index in [1.807, 2.05) is 0 Å². The quantitative estimate of drug-likeness (QED) is 0.155. The van der Waals surface area contributed by atoms with Gasteiger partial charge in [-0.2, -0.15) is 0 Å². The molecule has 12 atom stereocenters. The molecule has 0 bridgehead atoms. The van der Waals surface area contributed by atoms with E-state index in [1.54, 1.807) is 0 Å². The zero-order chi connectivity index (χ0) is 32.7. The molecular formula is C36H68O8Si4-4. The summed E-state index contributed by atoms with van der Waals surface area (Å²) in [5.41, 5.74) is 0. The Morgan fingerprint density at radius 2 is 0.562 bits per heavy atom. The molecule has 5 heterocycles. The number of ether oxygens (including phenoxy) is 4. The Kier molecular flexibility index (Phi) is 9.40. The summed E-state index contributed by atoms with van der Waals surface area (Å²) in [5, 5.41) is 0. The average Bonchev–Trinajstić information content (AvgIpc) is 3.85. The number of rotatable bonds is 12. The van der Waals surface area contributed by atoms with Crippen molar-refractivity contribution in [1.29, 1.82) is 0 Å². The molecule has 0 amide bonds. The first-order chi connectivity index (χ1) is 23.0. The molecule has 8 nitrogen and oxygen atoms in total. The van der Waals surface area contributed by atoms with E-state index in [9.17, 15) is 0 Å². The van der Waals surface area contributed by atoms with Crippen LogP contribution in [0.5, 0.6) is 0 Å². The van der Waals surface area contributed by atoms with Crippen molar-refractivity contribution < 1.29 is 35.4 Å². The normalized spacial score (nSPS) is 49.9. The molecule has 9 rings (SSSR count). The summed E-state index contributed by atoms with van der Waals surface area (Å²) in [5.74, 6) is 2.97. The molecule has 0 spiro atoms. The second kappa shape index (κ2) is 13.1. The van der Waals surface area contributed by atoms with Gasteiger partial charge >= 0.3 is 295 Å². The summed E-state index contributed by atoms with van der Waals surface area (Å²) in [6.07, 6.45) is 24.3. The van der Waals surface area contributed by atoms with Crippen LogP contribution in [0.15, 0.2) is 0 Å². The summed E-state index contributed by atoms with van der Waals surface area (Å²) in [4.78, 5) is 0. The zero-order valence-electron chi connectivity index (χ0n) is 30.6. The van der Waals surface area contributed by atoms with Gasteiger partial charge in [0.25, 0.3) is 0 Å². The Labute approximate surface area is 294 Å². The van der Waals surface area contributed by atoms with Gasteiger partial charge in [-0.3, -0.25) is 0 Å². The summed E-state index contributed by atoms with van der Waals surface area (Å²) in [6.45, 7) is 9.79. The van der Waals surface area contributed by atoms with Crippen LogP contribution in [-0.2, 0) is 35.4 Å². The minimum absolute atomic E-state index is 0.529. The van der Waals surface area contributed by atoms with Crippen molar-refractivity contribution in [2.45, 2.75) is 202 Å². The van der Waals surface area contributed by atoms with E-state index >= 15 is 0 Å². The van der Waals surface area contributed by atoms with Crippen LogP contribution in [0.2, 0.25) is 50.4 Å². The molecular weight excluding hydrogens is 673 g/mol. The fourth-order valence-corrected chi connectivity index (χ4v) is 43.7. The molecule has 0 aromatic rings. The zero-order valence-corrected chi connectivity index (χ0v) is 35.3. The molecule has 280 valence electrons. The van der Waals surface area contributed by atoms with Crippen LogP contribution >= 0.6 is 0 Å². The minimum atomic E-state index is -2.96. The third kappa shape index (κ3) is 8.20. The topological polar surface area (TPSA) is 87.0 Å². The molecule has 5 aliphatic heterocycles. The van der Waals surface area contributed by atoms with E-state index in [4.69, 9.17) is 35.4 Å². The van der Waals surface area contributed by atoms with E-state index in [-0.39, 0.29) is 0 Å². The van der Waals surface area contributed by atoms with Crippen LogP contribution in [0.25, 0.3) is 0 Å². The monoisotopic (exact) mass is 740 g/mol. The number of hydrogen-bond donors (Lipinski definition) is 0.